The summed E-state index contributed by atoms with van der Waals surface area (Å²) in [6.45, 7) is 1.32. The van der Waals surface area contributed by atoms with Crippen molar-refractivity contribution < 1.29 is 18.3 Å². The van der Waals surface area contributed by atoms with Crippen molar-refractivity contribution in [2.75, 3.05) is 17.2 Å². The highest BCUT2D eigenvalue weighted by atomic mass is 35.5. The van der Waals surface area contributed by atoms with Crippen LogP contribution in [0.5, 0.6) is 0 Å². The first-order chi connectivity index (χ1) is 10.8. The predicted octanol–water partition coefficient (Wildman–Crippen LogP) is 3.69. The van der Waals surface area contributed by atoms with Crippen LogP contribution in [0, 0.1) is 0 Å². The highest BCUT2D eigenvalue weighted by Crippen LogP contribution is 2.30. The van der Waals surface area contributed by atoms with Crippen LogP contribution in [-0.4, -0.2) is 27.7 Å². The molecule has 0 bridgehead atoms. The van der Waals surface area contributed by atoms with E-state index in [0.29, 0.717) is 10.7 Å². The maximum atomic E-state index is 13.0. The van der Waals surface area contributed by atoms with Gasteiger partial charge in [-0.25, -0.2) is 4.98 Å². The Hall–Kier alpha value is -2.06. The second-order valence-electron chi connectivity index (χ2n) is 4.82. The lowest BCUT2D eigenvalue weighted by Gasteiger charge is -2.15. The summed E-state index contributed by atoms with van der Waals surface area (Å²) in [5.74, 6) is -0.270. The number of nitrogens with one attached hydrogen (secondary N) is 2. The predicted molar refractivity (Wildman–Crippen MR) is 81.9 cm³/mol. The van der Waals surface area contributed by atoms with E-state index in [0.717, 1.165) is 6.07 Å². The Bertz CT molecular complexity index is 681. The van der Waals surface area contributed by atoms with Crippen LogP contribution in [-0.2, 0) is 6.18 Å². The summed E-state index contributed by atoms with van der Waals surface area (Å²) in [6, 6.07) is 6.81. The van der Waals surface area contributed by atoms with Gasteiger partial charge in [0, 0.05) is 22.8 Å². The average molecular weight is 347 g/mol. The van der Waals surface area contributed by atoms with E-state index in [1.165, 1.54) is 0 Å². The molecular formula is C14H14ClF3N4O. The lowest BCUT2D eigenvalue weighted by Crippen LogP contribution is -2.22. The Morgan fingerprint density at radius 3 is 2.61 bits per heavy atom. The fourth-order valence-corrected chi connectivity index (χ4v) is 1.89. The number of hydrogen-bond donors (Lipinski definition) is 3. The van der Waals surface area contributed by atoms with E-state index in [2.05, 4.69) is 20.6 Å². The molecule has 0 saturated heterocycles. The number of benzene rings is 1. The SMILES string of the molecule is C[C@H](CO)Nc1nc(Nc2cccc(Cl)c2)cc(C(F)(F)F)n1. The van der Waals surface area contributed by atoms with E-state index in [9.17, 15) is 13.2 Å². The number of nitrogens with zero attached hydrogens (tertiary/aromatic N) is 2. The molecule has 0 radical (unpaired) electrons. The van der Waals surface area contributed by atoms with E-state index in [1.807, 2.05) is 0 Å². The molecule has 124 valence electrons. The minimum atomic E-state index is -4.62. The Labute approximate surface area is 135 Å². The average Bonchev–Trinajstić information content (AvgIpc) is 2.46. The third-order valence-electron chi connectivity index (χ3n) is 2.76. The lowest BCUT2D eigenvalue weighted by atomic mass is 10.3. The fourth-order valence-electron chi connectivity index (χ4n) is 1.70. The van der Waals surface area contributed by atoms with E-state index in [4.69, 9.17) is 16.7 Å². The molecule has 1 aromatic carbocycles. The molecule has 0 aliphatic heterocycles. The molecule has 0 aliphatic rings. The van der Waals surface area contributed by atoms with Crippen LogP contribution in [0.25, 0.3) is 0 Å². The van der Waals surface area contributed by atoms with E-state index in [1.54, 1.807) is 31.2 Å². The van der Waals surface area contributed by atoms with Gasteiger partial charge in [-0.1, -0.05) is 17.7 Å². The smallest absolute Gasteiger partial charge is 0.394 e. The number of rotatable bonds is 5. The molecule has 2 rings (SSSR count). The Kier molecular flexibility index (Phi) is 5.27. The van der Waals surface area contributed by atoms with Crippen molar-refractivity contribution >= 4 is 29.1 Å². The minimum Gasteiger partial charge on any atom is -0.394 e. The van der Waals surface area contributed by atoms with E-state index >= 15 is 0 Å². The molecule has 1 heterocycles. The molecule has 0 aliphatic carbocycles. The summed E-state index contributed by atoms with van der Waals surface area (Å²) >= 11 is 5.84. The van der Waals surface area contributed by atoms with Crippen molar-refractivity contribution in [3.63, 3.8) is 0 Å². The number of hydrogen-bond acceptors (Lipinski definition) is 5. The molecule has 9 heteroatoms. The molecule has 5 nitrogen and oxygen atoms in total. The zero-order valence-corrected chi connectivity index (χ0v) is 12.8. The number of aromatic nitrogens is 2. The monoisotopic (exact) mass is 346 g/mol. The van der Waals surface area contributed by atoms with Crippen LogP contribution >= 0.6 is 11.6 Å². The number of alkyl halides is 3. The van der Waals surface area contributed by atoms with Crippen LogP contribution in [0.1, 0.15) is 12.6 Å². The van der Waals surface area contributed by atoms with Crippen molar-refractivity contribution in [3.8, 4) is 0 Å². The van der Waals surface area contributed by atoms with Gasteiger partial charge in [-0.3, -0.25) is 0 Å². The van der Waals surface area contributed by atoms with Gasteiger partial charge in [0.25, 0.3) is 0 Å². The van der Waals surface area contributed by atoms with Gasteiger partial charge < -0.3 is 15.7 Å². The van der Waals surface area contributed by atoms with Crippen LogP contribution < -0.4 is 10.6 Å². The molecule has 0 unspecified atom stereocenters. The first kappa shape index (κ1) is 17.3. The molecule has 0 amide bonds. The summed E-state index contributed by atoms with van der Waals surface area (Å²) in [5.41, 5.74) is -0.602. The number of anilines is 3. The normalized spacial score (nSPS) is 12.8. The van der Waals surface area contributed by atoms with Crippen LogP contribution in [0.2, 0.25) is 5.02 Å². The molecule has 23 heavy (non-hydrogen) atoms. The molecule has 2 aromatic rings. The molecule has 0 spiro atoms. The summed E-state index contributed by atoms with van der Waals surface area (Å²) in [6.07, 6.45) is -4.62. The quantitative estimate of drug-likeness (QED) is 0.770. The minimum absolute atomic E-state index is 0.0396. The van der Waals surface area contributed by atoms with Crippen molar-refractivity contribution in [2.45, 2.75) is 19.1 Å². The zero-order valence-electron chi connectivity index (χ0n) is 12.0. The summed E-state index contributed by atoms with van der Waals surface area (Å²) < 4.78 is 38.9. The van der Waals surface area contributed by atoms with Crippen LogP contribution in [0.4, 0.5) is 30.6 Å². The zero-order chi connectivity index (χ0) is 17.0. The van der Waals surface area contributed by atoms with Gasteiger partial charge in [-0.2, -0.15) is 18.2 Å². The Morgan fingerprint density at radius 1 is 1.26 bits per heavy atom. The second kappa shape index (κ2) is 7.01. The van der Waals surface area contributed by atoms with Gasteiger partial charge in [0.15, 0.2) is 5.69 Å². The van der Waals surface area contributed by atoms with Gasteiger partial charge in [-0.15, -0.1) is 0 Å². The molecule has 1 atom stereocenters. The van der Waals surface area contributed by atoms with Crippen LogP contribution in [0.3, 0.4) is 0 Å². The van der Waals surface area contributed by atoms with Crippen molar-refractivity contribution in [3.05, 3.63) is 41.0 Å². The summed E-state index contributed by atoms with van der Waals surface area (Å²) in [7, 11) is 0. The number of aliphatic hydroxyl groups excluding tert-OH is 1. The standard InChI is InChI=1S/C14H14ClF3N4O/c1-8(7-23)19-13-21-11(14(16,17)18)6-12(22-13)20-10-4-2-3-9(15)5-10/h2-6,8,23H,7H2,1H3,(H2,19,20,21,22)/t8-/m1/s1. The first-order valence-electron chi connectivity index (χ1n) is 6.64. The number of aliphatic hydroxyl groups is 1. The summed E-state index contributed by atoms with van der Waals surface area (Å²) in [4.78, 5) is 7.40. The van der Waals surface area contributed by atoms with Gasteiger partial charge in [0.2, 0.25) is 5.95 Å². The molecular weight excluding hydrogens is 333 g/mol. The van der Waals surface area contributed by atoms with Gasteiger partial charge >= 0.3 is 6.18 Å². The van der Waals surface area contributed by atoms with Crippen LogP contribution in [0.15, 0.2) is 30.3 Å². The maximum absolute atomic E-state index is 13.0. The van der Waals surface area contributed by atoms with E-state index < -0.39 is 17.9 Å². The highest BCUT2D eigenvalue weighted by Gasteiger charge is 2.33. The first-order valence-corrected chi connectivity index (χ1v) is 7.02. The Balaban J connectivity index is 2.35. The number of halogens is 4. The third kappa shape index (κ3) is 4.97. The van der Waals surface area contributed by atoms with Gasteiger partial charge in [-0.05, 0) is 25.1 Å². The van der Waals surface area contributed by atoms with Gasteiger partial charge in [0.1, 0.15) is 5.82 Å². The van der Waals surface area contributed by atoms with Crippen molar-refractivity contribution in [1.82, 2.24) is 9.97 Å². The van der Waals surface area contributed by atoms with Crippen molar-refractivity contribution in [2.24, 2.45) is 0 Å². The van der Waals surface area contributed by atoms with Gasteiger partial charge in [0.05, 0.1) is 6.61 Å². The summed E-state index contributed by atoms with van der Waals surface area (Å²) in [5, 5.41) is 14.8. The molecule has 3 N–H and O–H groups in total. The van der Waals surface area contributed by atoms with E-state index in [-0.39, 0.29) is 18.4 Å². The molecule has 1 aromatic heterocycles. The molecule has 0 fully saturated rings. The topological polar surface area (TPSA) is 70.1 Å². The highest BCUT2D eigenvalue weighted by molar-refractivity contribution is 6.30. The van der Waals surface area contributed by atoms with Crippen molar-refractivity contribution in [1.29, 1.82) is 0 Å². The largest absolute Gasteiger partial charge is 0.433 e. The maximum Gasteiger partial charge on any atom is 0.433 e. The second-order valence-corrected chi connectivity index (χ2v) is 5.26. The molecule has 0 saturated carbocycles. The lowest BCUT2D eigenvalue weighted by molar-refractivity contribution is -0.141. The third-order valence-corrected chi connectivity index (χ3v) is 3.00. The Morgan fingerprint density at radius 2 is 2.00 bits per heavy atom. The fraction of sp³-hybridized carbons (Fsp3) is 0.286.